The Balaban J connectivity index is 4.06. The van der Waals surface area contributed by atoms with Crippen molar-refractivity contribution in [2.75, 3.05) is 6.54 Å². The van der Waals surface area contributed by atoms with E-state index in [0.29, 0.717) is 6.54 Å². The summed E-state index contributed by atoms with van der Waals surface area (Å²) < 4.78 is 0. The fourth-order valence-electron chi connectivity index (χ4n) is 0.981. The molecule has 0 saturated heterocycles. The first-order chi connectivity index (χ1) is 5.74. The SMILES string of the molecule is CC(C)C(NCC(C)(C)N)C(=O)O. The van der Waals surface area contributed by atoms with Crippen molar-refractivity contribution in [2.45, 2.75) is 39.3 Å². The maximum absolute atomic E-state index is 10.8. The molecule has 0 fully saturated rings. The van der Waals surface area contributed by atoms with Gasteiger partial charge in [-0.3, -0.25) is 4.79 Å². The van der Waals surface area contributed by atoms with Crippen molar-refractivity contribution < 1.29 is 9.90 Å². The number of aliphatic carboxylic acids is 1. The Labute approximate surface area is 79.5 Å². The highest BCUT2D eigenvalue weighted by Crippen LogP contribution is 2.03. The zero-order valence-corrected chi connectivity index (χ0v) is 8.79. The molecule has 0 aliphatic heterocycles. The highest BCUT2D eigenvalue weighted by molar-refractivity contribution is 5.73. The summed E-state index contributed by atoms with van der Waals surface area (Å²) in [7, 11) is 0. The van der Waals surface area contributed by atoms with Crippen molar-refractivity contribution in [1.82, 2.24) is 5.32 Å². The number of hydrogen-bond acceptors (Lipinski definition) is 3. The van der Waals surface area contributed by atoms with Crippen LogP contribution in [0.15, 0.2) is 0 Å². The quantitative estimate of drug-likeness (QED) is 0.584. The summed E-state index contributed by atoms with van der Waals surface area (Å²) in [6, 6.07) is -0.511. The van der Waals surface area contributed by atoms with Gasteiger partial charge in [0.25, 0.3) is 0 Å². The number of carbonyl (C=O) groups is 1. The monoisotopic (exact) mass is 188 g/mol. The minimum absolute atomic E-state index is 0.0693. The van der Waals surface area contributed by atoms with Gasteiger partial charge in [0.2, 0.25) is 0 Å². The standard InChI is InChI=1S/C9H20N2O2/c1-6(2)7(8(12)13)11-5-9(3,4)10/h6-7,11H,5,10H2,1-4H3,(H,12,13). The van der Waals surface area contributed by atoms with Gasteiger partial charge in [0.1, 0.15) is 6.04 Å². The fraction of sp³-hybridized carbons (Fsp3) is 0.889. The first-order valence-corrected chi connectivity index (χ1v) is 4.49. The second kappa shape index (κ2) is 4.58. The highest BCUT2D eigenvalue weighted by Gasteiger charge is 2.22. The van der Waals surface area contributed by atoms with Gasteiger partial charge in [-0.1, -0.05) is 13.8 Å². The molecular weight excluding hydrogens is 168 g/mol. The molecule has 0 rings (SSSR count). The number of rotatable bonds is 5. The van der Waals surface area contributed by atoms with Crippen molar-refractivity contribution >= 4 is 5.97 Å². The van der Waals surface area contributed by atoms with Crippen LogP contribution in [0.3, 0.4) is 0 Å². The van der Waals surface area contributed by atoms with Crippen LogP contribution in [-0.2, 0) is 4.79 Å². The Morgan fingerprint density at radius 2 is 2.00 bits per heavy atom. The normalized spacial score (nSPS) is 14.6. The molecule has 0 aliphatic rings. The summed E-state index contributed by atoms with van der Waals surface area (Å²) in [5, 5.41) is 11.8. The molecule has 78 valence electrons. The predicted molar refractivity (Wildman–Crippen MR) is 52.5 cm³/mol. The summed E-state index contributed by atoms with van der Waals surface area (Å²) in [5.41, 5.74) is 5.36. The highest BCUT2D eigenvalue weighted by atomic mass is 16.4. The first kappa shape index (κ1) is 12.4. The van der Waals surface area contributed by atoms with E-state index in [2.05, 4.69) is 5.32 Å². The number of carboxylic acids is 1. The van der Waals surface area contributed by atoms with E-state index in [1.54, 1.807) is 0 Å². The van der Waals surface area contributed by atoms with Crippen molar-refractivity contribution in [1.29, 1.82) is 0 Å². The van der Waals surface area contributed by atoms with Crippen molar-refractivity contribution in [3.05, 3.63) is 0 Å². The Bertz CT molecular complexity index is 173. The summed E-state index contributed by atoms with van der Waals surface area (Å²) in [6.45, 7) is 7.96. The topological polar surface area (TPSA) is 75.3 Å². The molecule has 13 heavy (non-hydrogen) atoms. The molecule has 0 aromatic heterocycles. The van der Waals surface area contributed by atoms with Crippen LogP contribution in [0.1, 0.15) is 27.7 Å². The Hall–Kier alpha value is -0.610. The summed E-state index contributed by atoms with van der Waals surface area (Å²) in [5.74, 6) is -0.751. The van der Waals surface area contributed by atoms with Crippen LogP contribution in [0.4, 0.5) is 0 Å². The molecule has 0 aromatic carbocycles. The fourth-order valence-corrected chi connectivity index (χ4v) is 0.981. The minimum atomic E-state index is -0.820. The third-order valence-corrected chi connectivity index (χ3v) is 1.71. The molecule has 0 radical (unpaired) electrons. The van der Waals surface area contributed by atoms with Crippen LogP contribution < -0.4 is 11.1 Å². The minimum Gasteiger partial charge on any atom is -0.480 e. The lowest BCUT2D eigenvalue weighted by Crippen LogP contribution is -2.50. The van der Waals surface area contributed by atoms with E-state index >= 15 is 0 Å². The van der Waals surface area contributed by atoms with Crippen LogP contribution in [0, 0.1) is 5.92 Å². The lowest BCUT2D eigenvalue weighted by molar-refractivity contribution is -0.140. The van der Waals surface area contributed by atoms with Crippen LogP contribution in [0.5, 0.6) is 0 Å². The number of carboxylic acid groups (broad SMARTS) is 1. The van der Waals surface area contributed by atoms with E-state index < -0.39 is 12.0 Å². The average Bonchev–Trinajstić information content (AvgIpc) is 1.82. The summed E-state index contributed by atoms with van der Waals surface area (Å²) >= 11 is 0. The predicted octanol–water partition coefficient (Wildman–Crippen LogP) is 0.423. The number of nitrogens with one attached hydrogen (secondary N) is 1. The van der Waals surface area contributed by atoms with E-state index in [9.17, 15) is 4.79 Å². The van der Waals surface area contributed by atoms with Gasteiger partial charge in [-0.2, -0.15) is 0 Å². The summed E-state index contributed by atoms with van der Waals surface area (Å²) in [6.07, 6.45) is 0. The molecule has 4 heteroatoms. The third-order valence-electron chi connectivity index (χ3n) is 1.71. The van der Waals surface area contributed by atoms with Crippen LogP contribution in [0.2, 0.25) is 0 Å². The zero-order valence-electron chi connectivity index (χ0n) is 8.79. The molecule has 4 N–H and O–H groups in total. The van der Waals surface area contributed by atoms with Gasteiger partial charge in [-0.05, 0) is 19.8 Å². The zero-order chi connectivity index (χ0) is 10.6. The Morgan fingerprint density at radius 1 is 1.54 bits per heavy atom. The lowest BCUT2D eigenvalue weighted by Gasteiger charge is -2.24. The number of hydrogen-bond donors (Lipinski definition) is 3. The average molecular weight is 188 g/mol. The smallest absolute Gasteiger partial charge is 0.320 e. The van der Waals surface area contributed by atoms with E-state index in [1.165, 1.54) is 0 Å². The van der Waals surface area contributed by atoms with Crippen LogP contribution in [0.25, 0.3) is 0 Å². The van der Waals surface area contributed by atoms with Crippen LogP contribution in [-0.4, -0.2) is 29.2 Å². The first-order valence-electron chi connectivity index (χ1n) is 4.49. The molecule has 1 atom stereocenters. The molecule has 1 unspecified atom stereocenters. The molecule has 0 spiro atoms. The van der Waals surface area contributed by atoms with Crippen molar-refractivity contribution in [2.24, 2.45) is 11.7 Å². The third kappa shape index (κ3) is 5.60. The van der Waals surface area contributed by atoms with E-state index in [-0.39, 0.29) is 11.5 Å². The molecule has 0 amide bonds. The van der Waals surface area contributed by atoms with Crippen molar-refractivity contribution in [3.8, 4) is 0 Å². The van der Waals surface area contributed by atoms with Crippen LogP contribution >= 0.6 is 0 Å². The Kier molecular flexibility index (Phi) is 4.36. The molecule has 0 heterocycles. The molecule has 0 aromatic rings. The van der Waals surface area contributed by atoms with Crippen molar-refractivity contribution in [3.63, 3.8) is 0 Å². The van der Waals surface area contributed by atoms with Gasteiger partial charge in [-0.25, -0.2) is 0 Å². The van der Waals surface area contributed by atoms with E-state index in [4.69, 9.17) is 10.8 Å². The van der Waals surface area contributed by atoms with E-state index in [0.717, 1.165) is 0 Å². The van der Waals surface area contributed by atoms with Gasteiger partial charge in [0.15, 0.2) is 0 Å². The maximum atomic E-state index is 10.8. The van der Waals surface area contributed by atoms with Gasteiger partial charge >= 0.3 is 5.97 Å². The molecular formula is C9H20N2O2. The molecule has 0 bridgehead atoms. The van der Waals surface area contributed by atoms with Gasteiger partial charge in [-0.15, -0.1) is 0 Å². The van der Waals surface area contributed by atoms with E-state index in [1.807, 2.05) is 27.7 Å². The summed E-state index contributed by atoms with van der Waals surface area (Å²) in [4.78, 5) is 10.8. The van der Waals surface area contributed by atoms with Gasteiger partial charge < -0.3 is 16.2 Å². The Morgan fingerprint density at radius 3 is 2.23 bits per heavy atom. The van der Waals surface area contributed by atoms with Gasteiger partial charge in [0.05, 0.1) is 0 Å². The lowest BCUT2D eigenvalue weighted by atomic mass is 10.0. The maximum Gasteiger partial charge on any atom is 0.320 e. The number of nitrogens with two attached hydrogens (primary N) is 1. The molecule has 0 aliphatic carbocycles. The second-order valence-corrected chi connectivity index (χ2v) is 4.43. The molecule has 4 nitrogen and oxygen atoms in total. The largest absolute Gasteiger partial charge is 0.480 e. The second-order valence-electron chi connectivity index (χ2n) is 4.43. The van der Waals surface area contributed by atoms with Gasteiger partial charge in [0, 0.05) is 12.1 Å². The molecule has 0 saturated carbocycles.